The second-order valence-corrected chi connectivity index (χ2v) is 7.13. The smallest absolute Gasteiger partial charge is 0.243 e. The number of nitrogens with zero attached hydrogens (tertiary/aromatic N) is 4. The van der Waals surface area contributed by atoms with Crippen molar-refractivity contribution in [2.75, 3.05) is 14.2 Å². The van der Waals surface area contributed by atoms with E-state index in [0.29, 0.717) is 24.3 Å². The van der Waals surface area contributed by atoms with Gasteiger partial charge < -0.3 is 9.47 Å². The third-order valence-electron chi connectivity index (χ3n) is 5.22. The lowest BCUT2D eigenvalue weighted by atomic mass is 9.97. The number of hydrogen-bond donors (Lipinski definition) is 0. The van der Waals surface area contributed by atoms with Crippen LogP contribution < -0.4 is 9.47 Å². The van der Waals surface area contributed by atoms with E-state index in [0.717, 1.165) is 34.3 Å². The lowest BCUT2D eigenvalue weighted by molar-refractivity contribution is -0.133. The van der Waals surface area contributed by atoms with Crippen LogP contribution in [-0.2, 0) is 4.79 Å². The van der Waals surface area contributed by atoms with Gasteiger partial charge in [0, 0.05) is 30.8 Å². The van der Waals surface area contributed by atoms with Gasteiger partial charge in [-0.15, -0.1) is 0 Å². The fourth-order valence-electron chi connectivity index (χ4n) is 3.71. The van der Waals surface area contributed by atoms with Crippen LogP contribution in [0.15, 0.2) is 53.9 Å². The highest BCUT2D eigenvalue weighted by Gasteiger charge is 2.33. The van der Waals surface area contributed by atoms with E-state index in [-0.39, 0.29) is 11.9 Å². The van der Waals surface area contributed by atoms with E-state index in [2.05, 4.69) is 9.97 Å². The first-order valence-corrected chi connectivity index (χ1v) is 9.97. The van der Waals surface area contributed by atoms with Gasteiger partial charge in [0.05, 0.1) is 37.0 Å². The highest BCUT2D eigenvalue weighted by atomic mass is 16.5. The second kappa shape index (κ2) is 8.49. The molecule has 2 aromatic carbocycles. The van der Waals surface area contributed by atoms with E-state index in [4.69, 9.17) is 14.6 Å². The van der Waals surface area contributed by atoms with Gasteiger partial charge in [0.25, 0.3) is 0 Å². The fraction of sp³-hybridized carbons (Fsp3) is 0.304. The molecule has 0 N–H and O–H groups in total. The van der Waals surface area contributed by atoms with Crippen LogP contribution in [0.2, 0.25) is 0 Å². The molecule has 2 heterocycles. The Kier molecular flexibility index (Phi) is 5.61. The van der Waals surface area contributed by atoms with Crippen molar-refractivity contribution < 1.29 is 14.3 Å². The predicted octanol–water partition coefficient (Wildman–Crippen LogP) is 4.12. The molecule has 30 heavy (non-hydrogen) atoms. The molecule has 0 bridgehead atoms. The third kappa shape index (κ3) is 3.70. The van der Waals surface area contributed by atoms with E-state index in [1.54, 1.807) is 31.6 Å². The minimum atomic E-state index is -0.182. The molecule has 0 saturated carbocycles. The summed E-state index contributed by atoms with van der Waals surface area (Å²) in [6.45, 7) is 1.99. The van der Waals surface area contributed by atoms with Crippen LogP contribution in [0.4, 0.5) is 0 Å². The maximum Gasteiger partial charge on any atom is 0.243 e. The van der Waals surface area contributed by atoms with Crippen molar-refractivity contribution in [3.63, 3.8) is 0 Å². The Labute approximate surface area is 175 Å². The van der Waals surface area contributed by atoms with E-state index < -0.39 is 0 Å². The molecule has 1 aliphatic heterocycles. The van der Waals surface area contributed by atoms with Gasteiger partial charge in [0.15, 0.2) is 11.5 Å². The van der Waals surface area contributed by atoms with Crippen LogP contribution in [0, 0.1) is 0 Å². The number of aromatic nitrogens is 2. The summed E-state index contributed by atoms with van der Waals surface area (Å²) in [6.07, 6.45) is 5.18. The normalized spacial score (nSPS) is 15.9. The zero-order valence-electron chi connectivity index (χ0n) is 17.3. The number of carbonyl (C=O) groups is 1. The quantitative estimate of drug-likeness (QED) is 0.617. The number of methoxy groups -OCH3 is 2. The third-order valence-corrected chi connectivity index (χ3v) is 5.22. The van der Waals surface area contributed by atoms with Gasteiger partial charge in [0.2, 0.25) is 5.91 Å². The van der Waals surface area contributed by atoms with Gasteiger partial charge in [-0.05, 0) is 42.3 Å². The molecular weight excluding hydrogens is 380 g/mol. The molecule has 7 heteroatoms. The van der Waals surface area contributed by atoms with E-state index in [1.165, 1.54) is 0 Å². The molecule has 4 rings (SSSR count). The average molecular weight is 404 g/mol. The number of benzene rings is 2. The number of carbonyl (C=O) groups excluding carboxylic acids is 1. The molecular formula is C23H24N4O3. The summed E-state index contributed by atoms with van der Waals surface area (Å²) < 4.78 is 10.8. The first kappa shape index (κ1) is 19.8. The van der Waals surface area contributed by atoms with Gasteiger partial charge in [-0.25, -0.2) is 5.01 Å². The number of rotatable bonds is 6. The molecule has 0 spiro atoms. The number of amides is 1. The molecule has 1 amide bonds. The molecule has 0 saturated heterocycles. The number of hydrogen-bond acceptors (Lipinski definition) is 6. The van der Waals surface area contributed by atoms with Crippen LogP contribution in [0.3, 0.4) is 0 Å². The second-order valence-electron chi connectivity index (χ2n) is 7.13. The predicted molar refractivity (Wildman–Crippen MR) is 115 cm³/mol. The summed E-state index contributed by atoms with van der Waals surface area (Å²) in [7, 11) is 3.21. The average Bonchev–Trinajstić information content (AvgIpc) is 3.24. The Bertz CT molecular complexity index is 1110. The largest absolute Gasteiger partial charge is 0.493 e. The van der Waals surface area contributed by atoms with Crippen LogP contribution in [0.5, 0.6) is 11.5 Å². The Morgan fingerprint density at radius 2 is 1.80 bits per heavy atom. The van der Waals surface area contributed by atoms with Gasteiger partial charge in [-0.2, -0.15) is 5.10 Å². The highest BCUT2D eigenvalue weighted by molar-refractivity contribution is 6.03. The zero-order chi connectivity index (χ0) is 21.1. The van der Waals surface area contributed by atoms with E-state index in [1.807, 2.05) is 43.3 Å². The summed E-state index contributed by atoms with van der Waals surface area (Å²) in [5.41, 5.74) is 4.37. The molecule has 1 aliphatic rings. The Morgan fingerprint density at radius 3 is 2.53 bits per heavy atom. The maximum atomic E-state index is 12.8. The van der Waals surface area contributed by atoms with Crippen molar-refractivity contribution in [2.45, 2.75) is 32.2 Å². The standard InChI is InChI=1S/C23H24N4O3/c1-4-5-23(28)27-20(16-6-8-17-19(12-16)25-11-10-24-17)14-18(26-27)15-7-9-21(29-2)22(13-15)30-3/h6-13,20H,4-5,14H2,1-3H3/t20-/m1/s1. The zero-order valence-corrected chi connectivity index (χ0v) is 17.3. The molecule has 1 aromatic heterocycles. The first-order valence-electron chi connectivity index (χ1n) is 9.97. The van der Waals surface area contributed by atoms with Gasteiger partial charge in [0.1, 0.15) is 0 Å². The van der Waals surface area contributed by atoms with Gasteiger partial charge in [-0.1, -0.05) is 13.0 Å². The molecule has 1 atom stereocenters. The van der Waals surface area contributed by atoms with Crippen molar-refractivity contribution in [1.29, 1.82) is 0 Å². The van der Waals surface area contributed by atoms with Crippen molar-refractivity contribution in [3.05, 3.63) is 59.9 Å². The molecule has 3 aromatic rings. The van der Waals surface area contributed by atoms with Crippen molar-refractivity contribution >= 4 is 22.7 Å². The highest BCUT2D eigenvalue weighted by Crippen LogP contribution is 2.36. The fourth-order valence-corrected chi connectivity index (χ4v) is 3.71. The van der Waals surface area contributed by atoms with Crippen LogP contribution in [0.1, 0.15) is 43.4 Å². The van der Waals surface area contributed by atoms with Gasteiger partial charge in [-0.3, -0.25) is 14.8 Å². The summed E-state index contributed by atoms with van der Waals surface area (Å²) in [4.78, 5) is 21.6. The summed E-state index contributed by atoms with van der Waals surface area (Å²) >= 11 is 0. The minimum Gasteiger partial charge on any atom is -0.493 e. The summed E-state index contributed by atoms with van der Waals surface area (Å²) in [6, 6.07) is 11.4. The molecule has 0 aliphatic carbocycles. The van der Waals surface area contributed by atoms with Gasteiger partial charge >= 0.3 is 0 Å². The molecule has 0 radical (unpaired) electrons. The Hall–Kier alpha value is -3.48. The minimum absolute atomic E-state index is 0.0113. The molecule has 154 valence electrons. The lowest BCUT2D eigenvalue weighted by Gasteiger charge is -2.22. The lowest BCUT2D eigenvalue weighted by Crippen LogP contribution is -2.26. The number of hydrazone groups is 1. The van der Waals surface area contributed by atoms with Crippen molar-refractivity contribution in [1.82, 2.24) is 15.0 Å². The van der Waals surface area contributed by atoms with Crippen LogP contribution in [-0.4, -0.2) is 40.8 Å². The number of fused-ring (bicyclic) bond motifs is 1. The topological polar surface area (TPSA) is 76.9 Å². The summed E-state index contributed by atoms with van der Waals surface area (Å²) in [5.74, 6) is 1.30. The Balaban J connectivity index is 1.71. The SMILES string of the molecule is CCCC(=O)N1N=C(c2ccc(OC)c(OC)c2)C[C@@H]1c1ccc2nccnc2c1. The van der Waals surface area contributed by atoms with Crippen molar-refractivity contribution in [3.8, 4) is 11.5 Å². The monoisotopic (exact) mass is 404 g/mol. The van der Waals surface area contributed by atoms with Crippen LogP contribution >= 0.6 is 0 Å². The Morgan fingerprint density at radius 1 is 1.03 bits per heavy atom. The van der Waals surface area contributed by atoms with Crippen LogP contribution in [0.25, 0.3) is 11.0 Å². The van der Waals surface area contributed by atoms with E-state index >= 15 is 0 Å². The molecule has 7 nitrogen and oxygen atoms in total. The molecule has 0 unspecified atom stereocenters. The van der Waals surface area contributed by atoms with E-state index in [9.17, 15) is 4.79 Å². The maximum absolute atomic E-state index is 12.8. The summed E-state index contributed by atoms with van der Waals surface area (Å²) in [5, 5.41) is 6.33. The van der Waals surface area contributed by atoms with Crippen molar-refractivity contribution in [2.24, 2.45) is 5.10 Å². The number of ether oxygens (including phenoxy) is 2. The molecule has 0 fully saturated rings. The first-order chi connectivity index (χ1) is 14.6.